The number of rotatable bonds is 7. The highest BCUT2D eigenvalue weighted by molar-refractivity contribution is 7.89. The van der Waals surface area contributed by atoms with Crippen LogP contribution in [0.3, 0.4) is 0 Å². The van der Waals surface area contributed by atoms with Crippen LogP contribution in [0.25, 0.3) is 0 Å². The van der Waals surface area contributed by atoms with Crippen molar-refractivity contribution in [2.45, 2.75) is 25.2 Å². The first-order valence-electron chi connectivity index (χ1n) is 6.53. The van der Waals surface area contributed by atoms with Crippen LogP contribution >= 0.6 is 0 Å². The molecule has 0 atom stereocenters. The van der Waals surface area contributed by atoms with Crippen molar-refractivity contribution >= 4 is 21.6 Å². The number of amides is 1. The van der Waals surface area contributed by atoms with E-state index in [9.17, 15) is 17.6 Å². The summed E-state index contributed by atoms with van der Waals surface area (Å²) in [5.41, 5.74) is 0.124. The Bertz CT molecular complexity index is 603. The molecule has 0 aromatic heterocycles. The molecule has 0 aliphatic carbocycles. The lowest BCUT2D eigenvalue weighted by molar-refractivity contribution is -0.120. The van der Waals surface area contributed by atoms with Crippen LogP contribution in [0.2, 0.25) is 0 Å². The fourth-order valence-corrected chi connectivity index (χ4v) is 2.06. The first-order valence-corrected chi connectivity index (χ1v) is 8.07. The van der Waals surface area contributed by atoms with Crippen LogP contribution in [-0.4, -0.2) is 27.4 Å². The average molecular weight is 317 g/mol. The van der Waals surface area contributed by atoms with E-state index in [1.807, 2.05) is 13.8 Å². The van der Waals surface area contributed by atoms with Crippen molar-refractivity contribution in [1.29, 1.82) is 0 Å². The number of hydrogen-bond donors (Lipinski definition) is 3. The van der Waals surface area contributed by atoms with Crippen molar-refractivity contribution in [1.82, 2.24) is 5.32 Å². The zero-order chi connectivity index (χ0) is 16.0. The number of carbonyl (C=O) groups excluding carboxylic acids is 1. The molecule has 0 heterocycles. The molecule has 0 fully saturated rings. The predicted octanol–water partition coefficient (Wildman–Crippen LogP) is 1.05. The standard InChI is InChI=1S/C13H20FN3O3S/c1-9(2)8-17-13(18)5-6-16-12-4-3-10(7-11(12)14)21(15,19)20/h3-4,7,9,16H,5-6,8H2,1-2H3,(H,17,18)(H2,15,19,20). The van der Waals surface area contributed by atoms with Crippen molar-refractivity contribution in [2.24, 2.45) is 11.1 Å². The van der Waals surface area contributed by atoms with E-state index in [0.29, 0.717) is 12.5 Å². The van der Waals surface area contributed by atoms with Gasteiger partial charge in [0.25, 0.3) is 0 Å². The van der Waals surface area contributed by atoms with Crippen LogP contribution in [0.5, 0.6) is 0 Å². The minimum absolute atomic E-state index is 0.124. The Balaban J connectivity index is 2.51. The zero-order valence-corrected chi connectivity index (χ0v) is 12.8. The lowest BCUT2D eigenvalue weighted by Gasteiger charge is -2.10. The van der Waals surface area contributed by atoms with Crippen LogP contribution < -0.4 is 15.8 Å². The maximum atomic E-state index is 13.7. The number of anilines is 1. The van der Waals surface area contributed by atoms with Crippen molar-refractivity contribution in [2.75, 3.05) is 18.4 Å². The van der Waals surface area contributed by atoms with Gasteiger partial charge in [0.1, 0.15) is 5.82 Å². The molecule has 21 heavy (non-hydrogen) atoms. The molecule has 0 saturated carbocycles. The summed E-state index contributed by atoms with van der Waals surface area (Å²) in [6, 6.07) is 3.33. The van der Waals surface area contributed by atoms with Gasteiger partial charge in [-0.1, -0.05) is 13.8 Å². The average Bonchev–Trinajstić information content (AvgIpc) is 2.37. The maximum absolute atomic E-state index is 13.7. The Kier molecular flexibility index (Phi) is 6.10. The predicted molar refractivity (Wildman–Crippen MR) is 78.7 cm³/mol. The van der Waals surface area contributed by atoms with Gasteiger partial charge in [-0.3, -0.25) is 4.79 Å². The summed E-state index contributed by atoms with van der Waals surface area (Å²) in [5, 5.41) is 10.4. The third kappa shape index (κ3) is 6.09. The molecule has 0 radical (unpaired) electrons. The van der Waals surface area contributed by atoms with Gasteiger partial charge in [-0.05, 0) is 24.1 Å². The molecule has 8 heteroatoms. The van der Waals surface area contributed by atoms with Gasteiger partial charge in [-0.15, -0.1) is 0 Å². The first-order chi connectivity index (χ1) is 9.70. The smallest absolute Gasteiger partial charge is 0.238 e. The molecule has 4 N–H and O–H groups in total. The van der Waals surface area contributed by atoms with E-state index in [1.165, 1.54) is 12.1 Å². The normalized spacial score (nSPS) is 11.5. The van der Waals surface area contributed by atoms with Gasteiger partial charge >= 0.3 is 0 Å². The van der Waals surface area contributed by atoms with E-state index < -0.39 is 15.8 Å². The number of nitrogens with two attached hydrogens (primary N) is 1. The van der Waals surface area contributed by atoms with Crippen LogP contribution in [0.15, 0.2) is 23.1 Å². The van der Waals surface area contributed by atoms with Gasteiger partial charge in [0.15, 0.2) is 0 Å². The van der Waals surface area contributed by atoms with E-state index in [4.69, 9.17) is 5.14 Å². The molecular formula is C13H20FN3O3S. The van der Waals surface area contributed by atoms with Crippen LogP contribution in [0.4, 0.5) is 10.1 Å². The summed E-state index contributed by atoms with van der Waals surface area (Å²) < 4.78 is 35.8. The van der Waals surface area contributed by atoms with Gasteiger partial charge in [-0.2, -0.15) is 0 Å². The minimum Gasteiger partial charge on any atom is -0.382 e. The molecule has 0 aliphatic heterocycles. The summed E-state index contributed by atoms with van der Waals surface area (Å²) in [7, 11) is -3.92. The molecular weight excluding hydrogens is 297 g/mol. The molecule has 0 aliphatic rings. The van der Waals surface area contributed by atoms with Crippen LogP contribution in [-0.2, 0) is 14.8 Å². The highest BCUT2D eigenvalue weighted by atomic mass is 32.2. The number of benzene rings is 1. The molecule has 1 aromatic carbocycles. The van der Waals surface area contributed by atoms with Gasteiger partial charge in [0.05, 0.1) is 10.6 Å². The zero-order valence-electron chi connectivity index (χ0n) is 12.0. The van der Waals surface area contributed by atoms with Crippen LogP contribution in [0.1, 0.15) is 20.3 Å². The molecule has 1 aromatic rings. The van der Waals surface area contributed by atoms with Crippen molar-refractivity contribution in [3.8, 4) is 0 Å². The second-order valence-corrected chi connectivity index (χ2v) is 6.62. The Morgan fingerprint density at radius 2 is 2.05 bits per heavy atom. The Labute approximate surface area is 124 Å². The number of nitrogens with one attached hydrogen (secondary N) is 2. The molecule has 0 unspecified atom stereocenters. The van der Waals surface area contributed by atoms with E-state index >= 15 is 0 Å². The lowest BCUT2D eigenvalue weighted by atomic mass is 10.2. The van der Waals surface area contributed by atoms with Gasteiger partial charge in [0, 0.05) is 19.5 Å². The van der Waals surface area contributed by atoms with Crippen LogP contribution in [0, 0.1) is 11.7 Å². The van der Waals surface area contributed by atoms with E-state index in [-0.39, 0.29) is 29.5 Å². The molecule has 6 nitrogen and oxygen atoms in total. The summed E-state index contributed by atoms with van der Waals surface area (Å²) in [4.78, 5) is 11.2. The number of hydrogen-bond acceptors (Lipinski definition) is 4. The molecule has 0 spiro atoms. The first kappa shape index (κ1) is 17.4. The monoisotopic (exact) mass is 317 g/mol. The largest absolute Gasteiger partial charge is 0.382 e. The van der Waals surface area contributed by atoms with E-state index in [0.717, 1.165) is 6.07 Å². The van der Waals surface area contributed by atoms with Crippen molar-refractivity contribution < 1.29 is 17.6 Å². The van der Waals surface area contributed by atoms with E-state index in [2.05, 4.69) is 10.6 Å². The SMILES string of the molecule is CC(C)CNC(=O)CCNc1ccc(S(N)(=O)=O)cc1F. The fraction of sp³-hybridized carbons (Fsp3) is 0.462. The van der Waals surface area contributed by atoms with Gasteiger partial charge in [-0.25, -0.2) is 17.9 Å². The third-order valence-electron chi connectivity index (χ3n) is 2.64. The number of sulfonamides is 1. The maximum Gasteiger partial charge on any atom is 0.238 e. The molecule has 1 rings (SSSR count). The highest BCUT2D eigenvalue weighted by Gasteiger charge is 2.11. The molecule has 0 bridgehead atoms. The van der Waals surface area contributed by atoms with Gasteiger partial charge < -0.3 is 10.6 Å². The second-order valence-electron chi connectivity index (χ2n) is 5.06. The van der Waals surface area contributed by atoms with Crippen molar-refractivity contribution in [3.05, 3.63) is 24.0 Å². The van der Waals surface area contributed by atoms with Crippen molar-refractivity contribution in [3.63, 3.8) is 0 Å². The second kappa shape index (κ2) is 7.37. The fourth-order valence-electron chi connectivity index (χ4n) is 1.53. The number of primary sulfonamides is 1. The number of carbonyl (C=O) groups is 1. The van der Waals surface area contributed by atoms with Gasteiger partial charge in [0.2, 0.25) is 15.9 Å². The summed E-state index contributed by atoms with van der Waals surface area (Å²) >= 11 is 0. The molecule has 118 valence electrons. The lowest BCUT2D eigenvalue weighted by Crippen LogP contribution is -2.28. The minimum atomic E-state index is -3.92. The summed E-state index contributed by atoms with van der Waals surface area (Å²) in [6.07, 6.45) is 0.198. The summed E-state index contributed by atoms with van der Waals surface area (Å²) in [5.74, 6) is -0.494. The Hall–Kier alpha value is -1.67. The van der Waals surface area contributed by atoms with E-state index in [1.54, 1.807) is 0 Å². The Morgan fingerprint density at radius 1 is 1.38 bits per heavy atom. The third-order valence-corrected chi connectivity index (χ3v) is 3.56. The Morgan fingerprint density at radius 3 is 2.57 bits per heavy atom. The number of halogens is 1. The quantitative estimate of drug-likeness (QED) is 0.699. The topological polar surface area (TPSA) is 101 Å². The molecule has 0 saturated heterocycles. The molecule has 1 amide bonds. The highest BCUT2D eigenvalue weighted by Crippen LogP contribution is 2.17. The summed E-state index contributed by atoms with van der Waals surface area (Å²) in [6.45, 7) is 4.81.